The van der Waals surface area contributed by atoms with Crippen LogP contribution in [0.5, 0.6) is 5.75 Å². The monoisotopic (exact) mass is 626 g/mol. The number of benzene rings is 2. The van der Waals surface area contributed by atoms with Gasteiger partial charge in [-0.15, -0.1) is 0 Å². The average Bonchev–Trinajstić information content (AvgIpc) is 2.84. The van der Waals surface area contributed by atoms with Gasteiger partial charge in [0, 0.05) is 57.0 Å². The van der Waals surface area contributed by atoms with E-state index in [4.69, 9.17) is 4.74 Å². The Bertz CT molecular complexity index is 1350. The maximum atomic E-state index is 13.2. The molecule has 0 spiro atoms. The van der Waals surface area contributed by atoms with Crippen LogP contribution in [0.2, 0.25) is 0 Å². The lowest BCUT2D eigenvalue weighted by Crippen LogP contribution is -2.36. The van der Waals surface area contributed by atoms with Gasteiger partial charge in [-0.3, -0.25) is 14.4 Å². The maximum absolute atomic E-state index is 13.2. The van der Waals surface area contributed by atoms with Crippen molar-refractivity contribution in [2.75, 3.05) is 11.9 Å². The molecule has 0 atom stereocenters. The standard InChI is InChI=1S/C29H28Br2N2O4/c1-15-9-10-16(2)22(11-15)33-25(36)14-37-29-18(12-17(30)13-19(29)31)26-27-20(5-3-7-23(27)34)32-21-6-4-8-24(35)28(21)26/h9-13,26,32H,3-8,14H2,1-2H3,(H,33,36). The molecule has 0 unspecified atom stereocenters. The smallest absolute Gasteiger partial charge is 0.262 e. The van der Waals surface area contributed by atoms with Crippen LogP contribution in [0.1, 0.15) is 61.1 Å². The third-order valence-electron chi connectivity index (χ3n) is 7.15. The Morgan fingerprint density at radius 3 is 2.27 bits per heavy atom. The first-order chi connectivity index (χ1) is 17.7. The summed E-state index contributed by atoms with van der Waals surface area (Å²) in [5.74, 6) is -0.252. The van der Waals surface area contributed by atoms with Crippen LogP contribution in [0.4, 0.5) is 5.69 Å². The Labute approximate surface area is 233 Å². The number of carbonyl (C=O) groups excluding carboxylic acids is 3. The van der Waals surface area contributed by atoms with Gasteiger partial charge >= 0.3 is 0 Å². The number of aryl methyl sites for hydroxylation is 2. The number of hydrogen-bond acceptors (Lipinski definition) is 5. The molecular weight excluding hydrogens is 600 g/mol. The number of amides is 1. The van der Waals surface area contributed by atoms with Crippen molar-refractivity contribution in [3.05, 3.63) is 78.5 Å². The molecule has 0 aromatic heterocycles. The van der Waals surface area contributed by atoms with Crippen molar-refractivity contribution in [3.8, 4) is 5.75 Å². The molecule has 0 fully saturated rings. The number of halogens is 2. The molecule has 0 saturated carbocycles. The quantitative estimate of drug-likeness (QED) is 0.393. The van der Waals surface area contributed by atoms with Gasteiger partial charge in [-0.05, 0) is 84.8 Å². The summed E-state index contributed by atoms with van der Waals surface area (Å²) in [6.07, 6.45) is 4.03. The van der Waals surface area contributed by atoms with Gasteiger partial charge in [0.2, 0.25) is 0 Å². The van der Waals surface area contributed by atoms with Crippen molar-refractivity contribution < 1.29 is 19.1 Å². The number of dihydropyridines is 1. The summed E-state index contributed by atoms with van der Waals surface area (Å²) >= 11 is 7.18. The third-order valence-corrected chi connectivity index (χ3v) is 8.20. The number of ketones is 2. The fourth-order valence-corrected chi connectivity index (χ4v) is 6.81. The molecule has 8 heteroatoms. The molecule has 0 bridgehead atoms. The zero-order chi connectivity index (χ0) is 26.3. The molecule has 1 amide bonds. The van der Waals surface area contributed by atoms with Crippen LogP contribution in [-0.4, -0.2) is 24.1 Å². The normalized spacial score (nSPS) is 17.8. The molecule has 1 heterocycles. The second kappa shape index (κ2) is 10.6. The summed E-state index contributed by atoms with van der Waals surface area (Å²) < 4.78 is 7.57. The van der Waals surface area contributed by atoms with Crippen molar-refractivity contribution in [1.29, 1.82) is 0 Å². The number of ether oxygens (including phenoxy) is 1. The number of hydrogen-bond donors (Lipinski definition) is 2. The van der Waals surface area contributed by atoms with Crippen molar-refractivity contribution in [3.63, 3.8) is 0 Å². The second-order valence-corrected chi connectivity index (χ2v) is 11.6. The third kappa shape index (κ3) is 5.18. The molecule has 2 aliphatic carbocycles. The Balaban J connectivity index is 1.52. The van der Waals surface area contributed by atoms with Gasteiger partial charge in [0.05, 0.1) is 4.47 Å². The first-order valence-electron chi connectivity index (χ1n) is 12.5. The van der Waals surface area contributed by atoms with Gasteiger partial charge in [-0.1, -0.05) is 28.1 Å². The van der Waals surface area contributed by atoms with Crippen LogP contribution in [-0.2, 0) is 14.4 Å². The number of rotatable bonds is 5. The summed E-state index contributed by atoms with van der Waals surface area (Å²) in [5, 5.41) is 6.37. The van der Waals surface area contributed by atoms with E-state index in [1.165, 1.54) is 0 Å². The van der Waals surface area contributed by atoms with Gasteiger partial charge in [0.1, 0.15) is 5.75 Å². The molecule has 37 heavy (non-hydrogen) atoms. The van der Waals surface area contributed by atoms with E-state index < -0.39 is 5.92 Å². The molecule has 192 valence electrons. The number of Topliss-reactive ketones (excluding diaryl/α,β-unsaturated/α-hetero) is 2. The van der Waals surface area contributed by atoms with E-state index in [0.29, 0.717) is 39.8 Å². The predicted molar refractivity (Wildman–Crippen MR) is 150 cm³/mol. The summed E-state index contributed by atoms with van der Waals surface area (Å²) in [6, 6.07) is 9.63. The first-order valence-corrected chi connectivity index (χ1v) is 14.1. The van der Waals surface area contributed by atoms with Crippen molar-refractivity contribution in [2.45, 2.75) is 58.3 Å². The Kier molecular flexibility index (Phi) is 7.41. The predicted octanol–water partition coefficient (Wildman–Crippen LogP) is 6.55. The zero-order valence-electron chi connectivity index (χ0n) is 20.8. The summed E-state index contributed by atoms with van der Waals surface area (Å²) in [5.41, 5.74) is 6.57. The van der Waals surface area contributed by atoms with Gasteiger partial charge in [0.15, 0.2) is 18.2 Å². The molecular formula is C29H28Br2N2O4. The second-order valence-electron chi connectivity index (χ2n) is 9.86. The fourth-order valence-electron chi connectivity index (χ4n) is 5.44. The van der Waals surface area contributed by atoms with E-state index in [0.717, 1.165) is 58.4 Å². The van der Waals surface area contributed by atoms with Gasteiger partial charge in [0.25, 0.3) is 5.91 Å². The highest BCUT2D eigenvalue weighted by molar-refractivity contribution is 9.11. The van der Waals surface area contributed by atoms with E-state index >= 15 is 0 Å². The van der Waals surface area contributed by atoms with Crippen LogP contribution < -0.4 is 15.4 Å². The van der Waals surface area contributed by atoms with Gasteiger partial charge in [-0.2, -0.15) is 0 Å². The van der Waals surface area contributed by atoms with E-state index in [2.05, 4.69) is 42.5 Å². The maximum Gasteiger partial charge on any atom is 0.262 e. The molecule has 2 N–H and O–H groups in total. The minimum atomic E-state index is -0.530. The largest absolute Gasteiger partial charge is 0.482 e. The Hall–Kier alpha value is -2.71. The summed E-state index contributed by atoms with van der Waals surface area (Å²) in [6.45, 7) is 3.70. The van der Waals surface area contributed by atoms with Crippen LogP contribution in [0.15, 0.2) is 61.8 Å². The summed E-state index contributed by atoms with van der Waals surface area (Å²) in [7, 11) is 0. The molecule has 6 nitrogen and oxygen atoms in total. The van der Waals surface area contributed by atoms with Crippen molar-refractivity contribution in [1.82, 2.24) is 5.32 Å². The lowest BCUT2D eigenvalue weighted by atomic mass is 9.71. The van der Waals surface area contributed by atoms with Crippen molar-refractivity contribution in [2.24, 2.45) is 0 Å². The Morgan fingerprint density at radius 2 is 1.62 bits per heavy atom. The number of allylic oxidation sites excluding steroid dienone is 4. The topological polar surface area (TPSA) is 84.5 Å². The molecule has 5 rings (SSSR count). The summed E-state index contributed by atoms with van der Waals surface area (Å²) in [4.78, 5) is 39.4. The minimum absolute atomic E-state index is 0.0541. The highest BCUT2D eigenvalue weighted by Gasteiger charge is 2.41. The SMILES string of the molecule is Cc1ccc(C)c(NC(=O)COc2c(Br)cc(Br)cc2C2C3=C(CCCC3=O)NC3=C2C(=O)CCC3)c1. The van der Waals surface area contributed by atoms with E-state index in [-0.39, 0.29) is 24.1 Å². The van der Waals surface area contributed by atoms with Crippen LogP contribution in [0, 0.1) is 13.8 Å². The fraction of sp³-hybridized carbons (Fsp3) is 0.345. The number of nitrogens with one attached hydrogen (secondary N) is 2. The number of carbonyl (C=O) groups is 3. The van der Waals surface area contributed by atoms with Gasteiger partial charge in [-0.25, -0.2) is 0 Å². The highest BCUT2D eigenvalue weighted by Crippen LogP contribution is 2.49. The average molecular weight is 628 g/mol. The van der Waals surface area contributed by atoms with E-state index in [1.54, 1.807) is 0 Å². The van der Waals surface area contributed by atoms with Crippen LogP contribution in [0.3, 0.4) is 0 Å². The van der Waals surface area contributed by atoms with Crippen LogP contribution >= 0.6 is 31.9 Å². The number of anilines is 1. The molecule has 1 aliphatic heterocycles. The van der Waals surface area contributed by atoms with Crippen molar-refractivity contribution >= 4 is 55.0 Å². The zero-order valence-corrected chi connectivity index (χ0v) is 24.0. The Morgan fingerprint density at radius 1 is 0.973 bits per heavy atom. The van der Waals surface area contributed by atoms with Gasteiger partial charge < -0.3 is 15.4 Å². The molecule has 0 radical (unpaired) electrons. The highest BCUT2D eigenvalue weighted by atomic mass is 79.9. The van der Waals surface area contributed by atoms with E-state index in [1.807, 2.05) is 44.2 Å². The molecule has 0 saturated heterocycles. The first kappa shape index (κ1) is 25.9. The lowest BCUT2D eigenvalue weighted by molar-refractivity contribution is -0.119. The molecule has 3 aliphatic rings. The molecule has 2 aromatic carbocycles. The van der Waals surface area contributed by atoms with E-state index in [9.17, 15) is 14.4 Å². The minimum Gasteiger partial charge on any atom is -0.482 e. The molecule has 2 aromatic rings. The van der Waals surface area contributed by atoms with Crippen LogP contribution in [0.25, 0.3) is 0 Å². The lowest BCUT2D eigenvalue weighted by Gasteiger charge is -2.37.